The van der Waals surface area contributed by atoms with Gasteiger partial charge in [-0.1, -0.05) is 26.2 Å². The van der Waals surface area contributed by atoms with Crippen molar-refractivity contribution in [3.63, 3.8) is 0 Å². The highest BCUT2D eigenvalue weighted by Crippen LogP contribution is 2.35. The van der Waals surface area contributed by atoms with Crippen LogP contribution in [-0.2, 0) is 17.7 Å². The summed E-state index contributed by atoms with van der Waals surface area (Å²) >= 11 is 0. The van der Waals surface area contributed by atoms with Gasteiger partial charge in [0.2, 0.25) is 0 Å². The quantitative estimate of drug-likeness (QED) is 0.834. The Kier molecular flexibility index (Phi) is 5.61. The summed E-state index contributed by atoms with van der Waals surface area (Å²) in [6.07, 6.45) is 12.3. The molecule has 1 aliphatic carbocycles. The Hall–Kier alpha value is -0.870. The average Bonchev–Trinajstić information content (AvgIpc) is 2.93. The number of nitrogens with one attached hydrogen (secondary N) is 1. The molecule has 0 saturated heterocycles. The standard InChI is InChI=1S/C16H29N3O/c1-4-11-19-12-10-18-15(19)13-14(17-2)16(20-3)8-6-5-7-9-16/h10,12,14,17H,4-9,11,13H2,1-3H3. The van der Waals surface area contributed by atoms with Gasteiger partial charge in [0.15, 0.2) is 0 Å². The third kappa shape index (κ3) is 3.23. The van der Waals surface area contributed by atoms with Crippen LogP contribution in [0.15, 0.2) is 12.4 Å². The maximum atomic E-state index is 5.98. The number of rotatable bonds is 7. The zero-order valence-corrected chi connectivity index (χ0v) is 13.2. The molecule has 0 radical (unpaired) electrons. The van der Waals surface area contributed by atoms with E-state index in [0.717, 1.165) is 32.2 Å². The van der Waals surface area contributed by atoms with Crippen LogP contribution in [-0.4, -0.2) is 35.4 Å². The molecule has 4 nitrogen and oxygen atoms in total. The van der Waals surface area contributed by atoms with Crippen molar-refractivity contribution >= 4 is 0 Å². The van der Waals surface area contributed by atoms with Crippen molar-refractivity contribution in [1.82, 2.24) is 14.9 Å². The largest absolute Gasteiger partial charge is 0.377 e. The molecule has 1 fully saturated rings. The Labute approximate surface area is 122 Å². The van der Waals surface area contributed by atoms with Crippen LogP contribution in [0.3, 0.4) is 0 Å². The first-order valence-electron chi connectivity index (χ1n) is 7.98. The lowest BCUT2D eigenvalue weighted by atomic mass is 9.78. The molecule has 0 spiro atoms. The summed E-state index contributed by atoms with van der Waals surface area (Å²) in [6.45, 7) is 3.25. The molecule has 0 aromatic carbocycles. The Bertz CT molecular complexity index is 396. The minimum atomic E-state index is -0.0179. The fourth-order valence-electron chi connectivity index (χ4n) is 3.55. The second-order valence-corrected chi connectivity index (χ2v) is 5.91. The van der Waals surface area contributed by atoms with Crippen LogP contribution in [0.2, 0.25) is 0 Å². The molecular weight excluding hydrogens is 250 g/mol. The molecule has 1 unspecified atom stereocenters. The Morgan fingerprint density at radius 1 is 1.40 bits per heavy atom. The normalized spacial score (nSPS) is 19.9. The Morgan fingerprint density at radius 3 is 2.75 bits per heavy atom. The van der Waals surface area contributed by atoms with E-state index in [1.807, 2.05) is 20.4 Å². The smallest absolute Gasteiger partial charge is 0.110 e. The maximum Gasteiger partial charge on any atom is 0.110 e. The molecule has 0 amide bonds. The van der Waals surface area contributed by atoms with E-state index in [2.05, 4.69) is 28.0 Å². The van der Waals surface area contributed by atoms with Gasteiger partial charge in [-0.2, -0.15) is 0 Å². The molecule has 1 heterocycles. The number of likely N-dealkylation sites (N-methyl/N-ethyl adjacent to an activating group) is 1. The minimum Gasteiger partial charge on any atom is -0.377 e. The molecule has 1 aromatic rings. The van der Waals surface area contributed by atoms with E-state index in [4.69, 9.17) is 4.74 Å². The van der Waals surface area contributed by atoms with E-state index >= 15 is 0 Å². The summed E-state index contributed by atoms with van der Waals surface area (Å²) in [7, 11) is 3.92. The van der Waals surface area contributed by atoms with Crippen LogP contribution in [0.1, 0.15) is 51.3 Å². The summed E-state index contributed by atoms with van der Waals surface area (Å²) in [5, 5.41) is 3.49. The van der Waals surface area contributed by atoms with E-state index in [1.165, 1.54) is 25.1 Å². The molecule has 0 bridgehead atoms. The number of hydrogen-bond donors (Lipinski definition) is 1. The number of hydrogen-bond acceptors (Lipinski definition) is 3. The summed E-state index contributed by atoms with van der Waals surface area (Å²) < 4.78 is 8.26. The highest BCUT2D eigenvalue weighted by molar-refractivity contribution is 5.03. The van der Waals surface area contributed by atoms with Gasteiger partial charge in [0.1, 0.15) is 5.82 Å². The minimum absolute atomic E-state index is 0.0179. The molecule has 20 heavy (non-hydrogen) atoms. The predicted octanol–water partition coefficient (Wildman–Crippen LogP) is 2.77. The number of ether oxygens (including phenoxy) is 1. The fraction of sp³-hybridized carbons (Fsp3) is 0.812. The fourth-order valence-corrected chi connectivity index (χ4v) is 3.55. The van der Waals surface area contributed by atoms with E-state index < -0.39 is 0 Å². The molecule has 1 aromatic heterocycles. The van der Waals surface area contributed by atoms with Crippen molar-refractivity contribution in [3.8, 4) is 0 Å². The van der Waals surface area contributed by atoms with E-state index in [-0.39, 0.29) is 5.60 Å². The van der Waals surface area contributed by atoms with Crippen LogP contribution >= 0.6 is 0 Å². The number of imidazole rings is 1. The first-order chi connectivity index (χ1) is 9.75. The van der Waals surface area contributed by atoms with Gasteiger partial charge in [0, 0.05) is 38.5 Å². The molecule has 1 aliphatic rings. The molecule has 114 valence electrons. The van der Waals surface area contributed by atoms with Crippen molar-refractivity contribution in [2.24, 2.45) is 0 Å². The molecule has 0 aliphatic heterocycles. The van der Waals surface area contributed by atoms with Gasteiger partial charge in [0.05, 0.1) is 5.60 Å². The van der Waals surface area contributed by atoms with Crippen molar-refractivity contribution < 1.29 is 4.74 Å². The summed E-state index contributed by atoms with van der Waals surface area (Å²) in [4.78, 5) is 4.55. The van der Waals surface area contributed by atoms with Crippen LogP contribution in [0.5, 0.6) is 0 Å². The Balaban J connectivity index is 2.12. The van der Waals surface area contributed by atoms with Gasteiger partial charge in [-0.05, 0) is 26.3 Å². The van der Waals surface area contributed by atoms with Gasteiger partial charge in [0.25, 0.3) is 0 Å². The van der Waals surface area contributed by atoms with Gasteiger partial charge >= 0.3 is 0 Å². The van der Waals surface area contributed by atoms with Gasteiger partial charge in [-0.15, -0.1) is 0 Å². The second-order valence-electron chi connectivity index (χ2n) is 5.91. The lowest BCUT2D eigenvalue weighted by Crippen LogP contribution is -2.53. The Morgan fingerprint density at radius 2 is 2.15 bits per heavy atom. The molecule has 4 heteroatoms. The number of aryl methyl sites for hydroxylation is 1. The topological polar surface area (TPSA) is 39.1 Å². The lowest BCUT2D eigenvalue weighted by Gasteiger charge is -2.42. The lowest BCUT2D eigenvalue weighted by molar-refractivity contribution is -0.0662. The molecule has 1 N–H and O–H groups in total. The highest BCUT2D eigenvalue weighted by atomic mass is 16.5. The molecule has 1 atom stereocenters. The first-order valence-corrected chi connectivity index (χ1v) is 7.98. The van der Waals surface area contributed by atoms with Crippen LogP contribution in [0.4, 0.5) is 0 Å². The number of nitrogens with zero attached hydrogens (tertiary/aromatic N) is 2. The number of methoxy groups -OCH3 is 1. The zero-order valence-electron chi connectivity index (χ0n) is 13.2. The molecule has 2 rings (SSSR count). The van der Waals surface area contributed by atoms with Crippen LogP contribution in [0, 0.1) is 0 Å². The average molecular weight is 279 g/mol. The van der Waals surface area contributed by atoms with Crippen LogP contribution < -0.4 is 5.32 Å². The first kappa shape index (κ1) is 15.5. The third-order valence-corrected chi connectivity index (χ3v) is 4.74. The van der Waals surface area contributed by atoms with Gasteiger partial charge in [-0.25, -0.2) is 4.98 Å². The maximum absolute atomic E-state index is 5.98. The summed E-state index contributed by atoms with van der Waals surface area (Å²) in [5.41, 5.74) is -0.0179. The zero-order chi connectivity index (χ0) is 14.4. The van der Waals surface area contributed by atoms with Gasteiger partial charge in [-0.3, -0.25) is 0 Å². The second kappa shape index (κ2) is 7.23. The van der Waals surface area contributed by atoms with Crippen LogP contribution in [0.25, 0.3) is 0 Å². The van der Waals surface area contributed by atoms with Crippen molar-refractivity contribution in [2.45, 2.75) is 70.1 Å². The highest BCUT2D eigenvalue weighted by Gasteiger charge is 2.39. The predicted molar refractivity (Wildman–Crippen MR) is 81.9 cm³/mol. The van der Waals surface area contributed by atoms with Crippen molar-refractivity contribution in [2.75, 3.05) is 14.2 Å². The summed E-state index contributed by atoms with van der Waals surface area (Å²) in [6, 6.07) is 0.339. The molecule has 1 saturated carbocycles. The van der Waals surface area contributed by atoms with Gasteiger partial charge < -0.3 is 14.6 Å². The number of aromatic nitrogens is 2. The van der Waals surface area contributed by atoms with E-state index in [9.17, 15) is 0 Å². The van der Waals surface area contributed by atoms with E-state index in [1.54, 1.807) is 0 Å². The van der Waals surface area contributed by atoms with E-state index in [0.29, 0.717) is 6.04 Å². The van der Waals surface area contributed by atoms with Crippen molar-refractivity contribution in [1.29, 1.82) is 0 Å². The SMILES string of the molecule is CCCn1ccnc1CC(NC)C1(OC)CCCCC1. The summed E-state index contributed by atoms with van der Waals surface area (Å²) in [5.74, 6) is 1.17. The van der Waals surface area contributed by atoms with Crippen molar-refractivity contribution in [3.05, 3.63) is 18.2 Å². The third-order valence-electron chi connectivity index (χ3n) is 4.74. The molecular formula is C16H29N3O. The monoisotopic (exact) mass is 279 g/mol.